The molecule has 8 nitrogen and oxygen atoms in total. The number of ether oxygens (including phenoxy) is 1. The number of rotatable bonds is 8. The fourth-order valence-corrected chi connectivity index (χ4v) is 4.60. The van der Waals surface area contributed by atoms with Crippen LogP contribution < -0.4 is 10.6 Å². The zero-order valence-electron chi connectivity index (χ0n) is 20.3. The van der Waals surface area contributed by atoms with E-state index in [2.05, 4.69) is 23.3 Å². The normalized spacial score (nSPS) is 18.5. The maximum absolute atomic E-state index is 13.7. The Balaban J connectivity index is 1.89. The van der Waals surface area contributed by atoms with E-state index in [0.29, 0.717) is 5.56 Å². The monoisotopic (exact) mass is 491 g/mol. The first kappa shape index (κ1) is 26.2. The fourth-order valence-electron chi connectivity index (χ4n) is 4.35. The Labute approximate surface area is 207 Å². The first-order valence-electron chi connectivity index (χ1n) is 12.1. The van der Waals surface area contributed by atoms with Gasteiger partial charge in [-0.25, -0.2) is 4.79 Å². The van der Waals surface area contributed by atoms with Crippen molar-refractivity contribution >= 4 is 30.5 Å². The van der Waals surface area contributed by atoms with E-state index in [1.54, 1.807) is 39.0 Å². The highest BCUT2D eigenvalue weighted by molar-refractivity contribution is 7.80. The number of alkyl carbamates (subject to hydrolysis) is 1. The van der Waals surface area contributed by atoms with Crippen LogP contribution in [-0.4, -0.2) is 57.4 Å². The van der Waals surface area contributed by atoms with E-state index >= 15 is 0 Å². The highest BCUT2D eigenvalue weighted by Crippen LogP contribution is 2.38. The molecule has 1 aromatic carbocycles. The van der Waals surface area contributed by atoms with Gasteiger partial charge in [-0.3, -0.25) is 9.59 Å². The molecule has 0 saturated heterocycles. The molecule has 0 aromatic heterocycles. The van der Waals surface area contributed by atoms with E-state index in [0.717, 1.165) is 44.9 Å². The smallest absolute Gasteiger partial charge is 0.408 e. The first-order chi connectivity index (χ1) is 16.1. The lowest BCUT2D eigenvalue weighted by Crippen LogP contribution is -2.55. The van der Waals surface area contributed by atoms with Crippen LogP contribution in [0.3, 0.4) is 0 Å². The van der Waals surface area contributed by atoms with Crippen molar-refractivity contribution in [2.75, 3.05) is 5.75 Å². The summed E-state index contributed by atoms with van der Waals surface area (Å²) in [7, 11) is 0. The molecule has 2 aliphatic rings. The fraction of sp³-hybridized carbons (Fsp3) is 0.640. The summed E-state index contributed by atoms with van der Waals surface area (Å²) in [6.07, 6.45) is 5.84. The van der Waals surface area contributed by atoms with Gasteiger partial charge in [0.25, 0.3) is 0 Å². The van der Waals surface area contributed by atoms with Gasteiger partial charge in [0, 0.05) is 23.4 Å². The van der Waals surface area contributed by atoms with Gasteiger partial charge < -0.3 is 25.4 Å². The molecule has 34 heavy (non-hydrogen) atoms. The Morgan fingerprint density at radius 2 is 1.76 bits per heavy atom. The summed E-state index contributed by atoms with van der Waals surface area (Å²) in [5, 5.41) is 16.3. The highest BCUT2D eigenvalue weighted by Gasteiger charge is 2.45. The number of carbonyl (C=O) groups excluding carboxylic acids is 3. The van der Waals surface area contributed by atoms with E-state index in [-0.39, 0.29) is 29.5 Å². The standard InChI is InChI=1S/C25H37N3O5S/c1-25(2,3)33-24(32)27-19(15-34)23(31)28(17-13-14-17)21(18-11-7-8-12-20(18)29)22(30)26-16-9-5-4-6-10-16/h7-8,11-12,16-17,19,21,29,34H,4-6,9-10,13-15H2,1-3H3,(H,26,30)(H,27,32). The van der Waals surface area contributed by atoms with E-state index < -0.39 is 29.7 Å². The number of phenolic OH excluding ortho intramolecular Hbond substituents is 1. The molecule has 0 spiro atoms. The van der Waals surface area contributed by atoms with Crippen LogP contribution in [0.4, 0.5) is 4.79 Å². The number of hydrogen-bond acceptors (Lipinski definition) is 6. The minimum atomic E-state index is -1.01. The van der Waals surface area contributed by atoms with Crippen LogP contribution >= 0.6 is 12.6 Å². The number of hydrogen-bond donors (Lipinski definition) is 4. The molecule has 0 radical (unpaired) electrons. The van der Waals surface area contributed by atoms with Crippen LogP contribution in [0.1, 0.15) is 77.3 Å². The summed E-state index contributed by atoms with van der Waals surface area (Å²) in [6, 6.07) is 4.50. The SMILES string of the molecule is CC(C)(C)OC(=O)NC(CS)C(=O)N(C1CC1)C(C(=O)NC1CCCCC1)c1ccccc1O. The molecular formula is C25H37N3O5S. The van der Waals surface area contributed by atoms with Crippen molar-refractivity contribution in [2.24, 2.45) is 0 Å². The van der Waals surface area contributed by atoms with Crippen molar-refractivity contribution in [3.05, 3.63) is 29.8 Å². The van der Waals surface area contributed by atoms with E-state index in [4.69, 9.17) is 4.74 Å². The van der Waals surface area contributed by atoms with E-state index in [1.165, 1.54) is 11.0 Å². The number of para-hydroxylation sites is 1. The quantitative estimate of drug-likeness (QED) is 0.415. The molecule has 0 aliphatic heterocycles. The number of thiol groups is 1. The van der Waals surface area contributed by atoms with Crippen molar-refractivity contribution in [1.82, 2.24) is 15.5 Å². The minimum absolute atomic E-state index is 0.0407. The van der Waals surface area contributed by atoms with Gasteiger partial charge in [-0.2, -0.15) is 12.6 Å². The zero-order chi connectivity index (χ0) is 24.9. The van der Waals surface area contributed by atoms with Crippen LogP contribution in [0.15, 0.2) is 24.3 Å². The molecule has 0 heterocycles. The van der Waals surface area contributed by atoms with Crippen molar-refractivity contribution in [2.45, 2.75) is 95.5 Å². The number of amides is 3. The van der Waals surface area contributed by atoms with Crippen molar-refractivity contribution < 1.29 is 24.2 Å². The first-order valence-corrected chi connectivity index (χ1v) is 12.7. The van der Waals surface area contributed by atoms with E-state index in [9.17, 15) is 19.5 Å². The van der Waals surface area contributed by atoms with Crippen LogP contribution in [-0.2, 0) is 14.3 Å². The van der Waals surface area contributed by atoms with E-state index in [1.807, 2.05) is 0 Å². The third-order valence-electron chi connectivity index (χ3n) is 6.08. The minimum Gasteiger partial charge on any atom is -0.508 e. The summed E-state index contributed by atoms with van der Waals surface area (Å²) >= 11 is 4.29. The number of nitrogens with one attached hydrogen (secondary N) is 2. The average Bonchev–Trinajstić information content (AvgIpc) is 3.60. The van der Waals surface area contributed by atoms with Crippen molar-refractivity contribution in [1.29, 1.82) is 0 Å². The van der Waals surface area contributed by atoms with Gasteiger partial charge in [-0.15, -0.1) is 0 Å². The Morgan fingerprint density at radius 1 is 1.12 bits per heavy atom. The van der Waals surface area contributed by atoms with Crippen LogP contribution in [0, 0.1) is 0 Å². The number of benzene rings is 1. The number of phenols is 1. The molecule has 188 valence electrons. The molecule has 1 aromatic rings. The molecule has 2 atom stereocenters. The van der Waals surface area contributed by atoms with Gasteiger partial charge in [-0.1, -0.05) is 37.5 Å². The van der Waals surface area contributed by atoms with Gasteiger partial charge in [0.2, 0.25) is 11.8 Å². The van der Waals surface area contributed by atoms with Gasteiger partial charge >= 0.3 is 6.09 Å². The second kappa shape index (κ2) is 11.3. The Morgan fingerprint density at radius 3 is 2.32 bits per heavy atom. The molecule has 2 saturated carbocycles. The largest absolute Gasteiger partial charge is 0.508 e. The van der Waals surface area contributed by atoms with Crippen molar-refractivity contribution in [3.8, 4) is 5.75 Å². The van der Waals surface area contributed by atoms with Crippen molar-refractivity contribution in [3.63, 3.8) is 0 Å². The second-order valence-electron chi connectivity index (χ2n) is 10.2. The van der Waals surface area contributed by atoms with Gasteiger partial charge in [0.15, 0.2) is 0 Å². The molecule has 3 rings (SSSR count). The molecule has 9 heteroatoms. The zero-order valence-corrected chi connectivity index (χ0v) is 21.1. The third kappa shape index (κ3) is 7.04. The molecule has 2 fully saturated rings. The third-order valence-corrected chi connectivity index (χ3v) is 6.44. The lowest BCUT2D eigenvalue weighted by molar-refractivity contribution is -0.143. The summed E-state index contributed by atoms with van der Waals surface area (Å²) < 4.78 is 5.31. The Bertz CT molecular complexity index is 878. The van der Waals surface area contributed by atoms with Crippen LogP contribution in [0.5, 0.6) is 5.75 Å². The molecular weight excluding hydrogens is 454 g/mol. The predicted molar refractivity (Wildman–Crippen MR) is 133 cm³/mol. The molecule has 3 amide bonds. The topological polar surface area (TPSA) is 108 Å². The van der Waals surface area contributed by atoms with Gasteiger partial charge in [0.05, 0.1) is 0 Å². The Hall–Kier alpha value is -2.42. The summed E-state index contributed by atoms with van der Waals surface area (Å²) in [6.45, 7) is 5.22. The Kier molecular flexibility index (Phi) is 8.73. The lowest BCUT2D eigenvalue weighted by atomic mass is 9.94. The summed E-state index contributed by atoms with van der Waals surface area (Å²) in [5.41, 5.74) is -0.353. The highest BCUT2D eigenvalue weighted by atomic mass is 32.1. The lowest BCUT2D eigenvalue weighted by Gasteiger charge is -2.35. The average molecular weight is 492 g/mol. The summed E-state index contributed by atoms with van der Waals surface area (Å²) in [4.78, 5) is 41.2. The molecule has 3 N–H and O–H groups in total. The molecule has 2 unspecified atom stereocenters. The second-order valence-corrected chi connectivity index (χ2v) is 10.5. The van der Waals surface area contributed by atoms with Gasteiger partial charge in [0.1, 0.15) is 23.4 Å². The summed E-state index contributed by atoms with van der Waals surface area (Å²) in [5.74, 6) is -0.745. The maximum atomic E-state index is 13.7. The van der Waals surface area contributed by atoms with Crippen LogP contribution in [0.2, 0.25) is 0 Å². The molecule has 0 bridgehead atoms. The predicted octanol–water partition coefficient (Wildman–Crippen LogP) is 3.70. The van der Waals surface area contributed by atoms with Gasteiger partial charge in [-0.05, 0) is 52.5 Å². The number of carbonyl (C=O) groups is 3. The van der Waals surface area contributed by atoms with Crippen LogP contribution in [0.25, 0.3) is 0 Å². The molecule has 2 aliphatic carbocycles. The number of aromatic hydroxyl groups is 1. The maximum Gasteiger partial charge on any atom is 0.408 e. The number of nitrogens with zero attached hydrogens (tertiary/aromatic N) is 1.